The highest BCUT2D eigenvalue weighted by atomic mass is 16.5. The summed E-state index contributed by atoms with van der Waals surface area (Å²) >= 11 is 0. The van der Waals surface area contributed by atoms with Crippen molar-refractivity contribution in [2.24, 2.45) is 0 Å². The summed E-state index contributed by atoms with van der Waals surface area (Å²) in [4.78, 5) is 22.0. The van der Waals surface area contributed by atoms with Crippen LogP contribution in [0.3, 0.4) is 0 Å². The quantitative estimate of drug-likeness (QED) is 0.492. The third kappa shape index (κ3) is 3.20. The number of fused-ring (bicyclic) bond motifs is 1. The molecule has 0 atom stereocenters. The lowest BCUT2D eigenvalue weighted by Gasteiger charge is -2.09. The fraction of sp³-hybridized carbons (Fsp3) is 0.0455. The first-order valence-corrected chi connectivity index (χ1v) is 9.29. The highest BCUT2D eigenvalue weighted by molar-refractivity contribution is 6.13. The predicted octanol–water partition coefficient (Wildman–Crippen LogP) is 4.03. The molecule has 0 aliphatic carbocycles. The Morgan fingerprint density at radius 1 is 1.10 bits per heavy atom. The summed E-state index contributed by atoms with van der Waals surface area (Å²) in [6.07, 6.45) is 5.07. The van der Waals surface area contributed by atoms with Crippen LogP contribution < -0.4 is 5.32 Å². The maximum absolute atomic E-state index is 13.1. The number of nitrogens with zero attached hydrogens (tertiary/aromatic N) is 5. The van der Waals surface area contributed by atoms with E-state index >= 15 is 0 Å². The predicted molar refractivity (Wildman–Crippen MR) is 111 cm³/mol. The van der Waals surface area contributed by atoms with Crippen molar-refractivity contribution in [3.8, 4) is 17.1 Å². The molecule has 1 N–H and O–H groups in total. The molecule has 0 bridgehead atoms. The van der Waals surface area contributed by atoms with Crippen LogP contribution in [0.4, 0.5) is 5.69 Å². The van der Waals surface area contributed by atoms with Gasteiger partial charge in [0, 0.05) is 18.0 Å². The summed E-state index contributed by atoms with van der Waals surface area (Å²) < 4.78 is 6.99. The minimum absolute atomic E-state index is 0.292. The van der Waals surface area contributed by atoms with E-state index in [0.29, 0.717) is 39.6 Å². The molecular formula is C22H16N6O2. The average Bonchev–Trinajstić information content (AvgIpc) is 3.45. The molecule has 0 fully saturated rings. The molecule has 0 radical (unpaired) electrons. The maximum Gasteiger partial charge on any atom is 0.259 e. The molecule has 1 aromatic carbocycles. The maximum atomic E-state index is 13.1. The zero-order chi connectivity index (χ0) is 20.5. The van der Waals surface area contributed by atoms with Gasteiger partial charge in [0.15, 0.2) is 5.82 Å². The van der Waals surface area contributed by atoms with Crippen LogP contribution >= 0.6 is 0 Å². The highest BCUT2D eigenvalue weighted by Gasteiger charge is 2.19. The second-order valence-electron chi connectivity index (χ2n) is 6.68. The minimum Gasteiger partial charge on any atom is -0.335 e. The zero-order valence-electron chi connectivity index (χ0n) is 16.0. The summed E-state index contributed by atoms with van der Waals surface area (Å²) in [5.41, 5.74) is 3.45. The van der Waals surface area contributed by atoms with Gasteiger partial charge in [-0.3, -0.25) is 4.79 Å². The lowest BCUT2D eigenvalue weighted by atomic mass is 10.1. The molecule has 0 aliphatic heterocycles. The van der Waals surface area contributed by atoms with E-state index in [1.165, 1.54) is 0 Å². The van der Waals surface area contributed by atoms with Gasteiger partial charge in [0.1, 0.15) is 0 Å². The normalized spacial score (nSPS) is 11.0. The first-order valence-electron chi connectivity index (χ1n) is 9.29. The van der Waals surface area contributed by atoms with Gasteiger partial charge in [-0.2, -0.15) is 5.10 Å². The van der Waals surface area contributed by atoms with Crippen LogP contribution in [-0.4, -0.2) is 30.8 Å². The van der Waals surface area contributed by atoms with Gasteiger partial charge in [-0.1, -0.05) is 35.5 Å². The smallest absolute Gasteiger partial charge is 0.259 e. The van der Waals surface area contributed by atoms with Crippen molar-refractivity contribution in [1.82, 2.24) is 24.9 Å². The fourth-order valence-electron chi connectivity index (χ4n) is 3.23. The molecule has 0 spiro atoms. The van der Waals surface area contributed by atoms with Crippen molar-refractivity contribution in [2.45, 2.75) is 6.92 Å². The number of benzene rings is 1. The number of amides is 1. The average molecular weight is 396 g/mol. The van der Waals surface area contributed by atoms with E-state index in [2.05, 4.69) is 25.5 Å². The lowest BCUT2D eigenvalue weighted by molar-refractivity contribution is 0.102. The van der Waals surface area contributed by atoms with Gasteiger partial charge in [0.2, 0.25) is 0 Å². The number of rotatable bonds is 4. The Morgan fingerprint density at radius 3 is 2.70 bits per heavy atom. The Bertz CT molecular complexity index is 1330. The molecule has 0 aliphatic rings. The molecule has 0 saturated heterocycles. The number of carbonyl (C=O) groups is 1. The largest absolute Gasteiger partial charge is 0.335 e. The van der Waals surface area contributed by atoms with Gasteiger partial charge in [-0.05, 0) is 31.2 Å². The van der Waals surface area contributed by atoms with Crippen LogP contribution in [0, 0.1) is 6.92 Å². The molecule has 1 amide bonds. The standard InChI is InChI=1S/C22H16N6O2/c1-14-20-17(12-18(26-22(20)30-27-14)15-6-3-2-4-7-15)21(29)25-16-8-9-19(23-13-16)28-11-5-10-24-28/h2-13H,1H3,(H,25,29). The third-order valence-electron chi connectivity index (χ3n) is 4.68. The number of carbonyl (C=O) groups excluding carboxylic acids is 1. The third-order valence-corrected chi connectivity index (χ3v) is 4.68. The number of pyridine rings is 2. The topological polar surface area (TPSA) is 98.7 Å². The Hall–Kier alpha value is -4.33. The summed E-state index contributed by atoms with van der Waals surface area (Å²) in [6, 6.07) is 16.7. The van der Waals surface area contributed by atoms with Crippen LogP contribution in [0.1, 0.15) is 16.1 Å². The second-order valence-corrected chi connectivity index (χ2v) is 6.68. The number of aromatic nitrogens is 5. The molecule has 8 nitrogen and oxygen atoms in total. The molecule has 8 heteroatoms. The summed E-state index contributed by atoms with van der Waals surface area (Å²) in [7, 11) is 0. The summed E-state index contributed by atoms with van der Waals surface area (Å²) in [6.45, 7) is 1.78. The van der Waals surface area contributed by atoms with Crippen molar-refractivity contribution in [3.63, 3.8) is 0 Å². The van der Waals surface area contributed by atoms with Gasteiger partial charge in [-0.25, -0.2) is 14.6 Å². The number of aryl methyl sites for hydroxylation is 1. The van der Waals surface area contributed by atoms with Gasteiger partial charge in [0.05, 0.1) is 34.2 Å². The van der Waals surface area contributed by atoms with E-state index in [1.807, 2.05) is 36.4 Å². The van der Waals surface area contributed by atoms with E-state index in [0.717, 1.165) is 5.56 Å². The summed E-state index contributed by atoms with van der Waals surface area (Å²) in [5, 5.41) is 11.6. The first-order chi connectivity index (χ1) is 14.7. The Morgan fingerprint density at radius 2 is 1.97 bits per heavy atom. The Kier molecular flexibility index (Phi) is 4.29. The molecule has 0 unspecified atom stereocenters. The van der Waals surface area contributed by atoms with Crippen molar-refractivity contribution in [3.05, 3.63) is 84.4 Å². The van der Waals surface area contributed by atoms with Crippen molar-refractivity contribution < 1.29 is 9.32 Å². The Balaban J connectivity index is 1.50. The number of anilines is 1. The molecule has 0 saturated carbocycles. The zero-order valence-corrected chi connectivity index (χ0v) is 16.0. The lowest BCUT2D eigenvalue weighted by Crippen LogP contribution is -2.13. The van der Waals surface area contributed by atoms with Crippen molar-refractivity contribution in [1.29, 1.82) is 0 Å². The van der Waals surface area contributed by atoms with E-state index in [-0.39, 0.29) is 5.91 Å². The van der Waals surface area contributed by atoms with Crippen LogP contribution in [0.15, 0.2) is 77.7 Å². The van der Waals surface area contributed by atoms with Crippen LogP contribution in [-0.2, 0) is 0 Å². The van der Waals surface area contributed by atoms with Crippen LogP contribution in [0.5, 0.6) is 0 Å². The monoisotopic (exact) mass is 396 g/mol. The molecule has 5 rings (SSSR count). The van der Waals surface area contributed by atoms with Crippen molar-refractivity contribution in [2.75, 3.05) is 5.32 Å². The molecule has 4 aromatic heterocycles. The van der Waals surface area contributed by atoms with E-state index in [4.69, 9.17) is 4.52 Å². The number of hydrogen-bond acceptors (Lipinski definition) is 6. The minimum atomic E-state index is -0.292. The fourth-order valence-corrected chi connectivity index (χ4v) is 3.23. The molecular weight excluding hydrogens is 380 g/mol. The SMILES string of the molecule is Cc1noc2nc(-c3ccccc3)cc(C(=O)Nc3ccc(-n4cccn4)nc3)c12. The first kappa shape index (κ1) is 17.7. The van der Waals surface area contributed by atoms with E-state index in [1.54, 1.807) is 48.4 Å². The highest BCUT2D eigenvalue weighted by Crippen LogP contribution is 2.27. The van der Waals surface area contributed by atoms with Crippen molar-refractivity contribution >= 4 is 22.7 Å². The molecule has 146 valence electrons. The van der Waals surface area contributed by atoms with Gasteiger partial charge in [0.25, 0.3) is 11.6 Å². The van der Waals surface area contributed by atoms with E-state index < -0.39 is 0 Å². The van der Waals surface area contributed by atoms with Gasteiger partial charge in [-0.15, -0.1) is 0 Å². The van der Waals surface area contributed by atoms with Gasteiger partial charge >= 0.3 is 0 Å². The number of nitrogens with one attached hydrogen (secondary N) is 1. The molecule has 4 heterocycles. The molecule has 5 aromatic rings. The van der Waals surface area contributed by atoms with E-state index in [9.17, 15) is 4.79 Å². The summed E-state index contributed by atoms with van der Waals surface area (Å²) in [5.74, 6) is 0.366. The number of hydrogen-bond donors (Lipinski definition) is 1. The Labute approximate surface area is 171 Å². The van der Waals surface area contributed by atoms with Crippen LogP contribution in [0.2, 0.25) is 0 Å². The molecule has 30 heavy (non-hydrogen) atoms. The second kappa shape index (κ2) is 7.25. The van der Waals surface area contributed by atoms with Gasteiger partial charge < -0.3 is 9.84 Å². The van der Waals surface area contributed by atoms with Crippen LogP contribution in [0.25, 0.3) is 28.2 Å².